The molecule has 0 unspecified atom stereocenters. The monoisotopic (exact) mass is 312 g/mol. The van der Waals surface area contributed by atoms with Crippen molar-refractivity contribution in [1.29, 1.82) is 0 Å². The van der Waals surface area contributed by atoms with E-state index in [-0.39, 0.29) is 32.3 Å². The van der Waals surface area contributed by atoms with Crippen LogP contribution in [0.4, 0.5) is 4.39 Å². The summed E-state index contributed by atoms with van der Waals surface area (Å²) in [5, 5.41) is 9.35. The number of hydrogen-bond acceptors (Lipinski definition) is 2. The molecule has 0 spiro atoms. The van der Waals surface area contributed by atoms with Gasteiger partial charge in [0.05, 0.1) is 10.6 Å². The van der Waals surface area contributed by atoms with E-state index in [1.54, 1.807) is 0 Å². The number of hydrogen-bond donors (Lipinski definition) is 1. The van der Waals surface area contributed by atoms with Crippen LogP contribution in [-0.2, 0) is 0 Å². The summed E-state index contributed by atoms with van der Waals surface area (Å²) in [5.41, 5.74) is -0.474. The second kappa shape index (κ2) is 5.61. The molecule has 102 valence electrons. The highest BCUT2D eigenvalue weighted by molar-refractivity contribution is 6.37. The molecule has 0 saturated heterocycles. The highest BCUT2D eigenvalue weighted by atomic mass is 35.5. The summed E-state index contributed by atoms with van der Waals surface area (Å²) in [6.07, 6.45) is 0.450. The van der Waals surface area contributed by atoms with Crippen LogP contribution in [0.15, 0.2) is 30.3 Å². The zero-order valence-electron chi connectivity index (χ0n) is 9.86. The van der Waals surface area contributed by atoms with Crippen molar-refractivity contribution >= 4 is 35.5 Å². The molecule has 0 radical (unpaired) electrons. The van der Waals surface area contributed by atoms with E-state index in [4.69, 9.17) is 28.3 Å². The van der Waals surface area contributed by atoms with E-state index in [0.29, 0.717) is 6.29 Å². The van der Waals surface area contributed by atoms with Gasteiger partial charge in [-0.15, -0.1) is 0 Å². The Labute approximate surface area is 123 Å². The minimum Gasteiger partial charge on any atom is -0.478 e. The summed E-state index contributed by atoms with van der Waals surface area (Å²) < 4.78 is 14.0. The molecule has 0 fully saturated rings. The Balaban J connectivity index is 2.88. The molecule has 0 aliphatic heterocycles. The van der Waals surface area contributed by atoms with Gasteiger partial charge in [-0.2, -0.15) is 0 Å². The number of rotatable bonds is 3. The van der Waals surface area contributed by atoms with Crippen molar-refractivity contribution in [3.63, 3.8) is 0 Å². The molecule has 0 amide bonds. The third kappa shape index (κ3) is 2.53. The first kappa shape index (κ1) is 14.5. The predicted molar refractivity (Wildman–Crippen MR) is 74.2 cm³/mol. The first-order valence-corrected chi connectivity index (χ1v) is 6.17. The summed E-state index contributed by atoms with van der Waals surface area (Å²) in [5.74, 6) is -2.10. The maximum atomic E-state index is 14.0. The molecular formula is C14H7Cl2FO3. The van der Waals surface area contributed by atoms with Gasteiger partial charge >= 0.3 is 5.97 Å². The molecule has 1 N–H and O–H groups in total. The standard InChI is InChI=1S/C14H7Cl2FO3/c15-8-4-7(6-18)12(10(16)5-8)13-9(14(19)20)2-1-3-11(13)17/h1-6H,(H,19,20). The molecule has 0 aliphatic carbocycles. The lowest BCUT2D eigenvalue weighted by Crippen LogP contribution is -2.03. The van der Waals surface area contributed by atoms with Crippen LogP contribution >= 0.6 is 23.2 Å². The van der Waals surface area contributed by atoms with Gasteiger partial charge in [0.1, 0.15) is 5.82 Å². The van der Waals surface area contributed by atoms with Gasteiger partial charge in [0.2, 0.25) is 0 Å². The van der Waals surface area contributed by atoms with Gasteiger partial charge in [-0.25, -0.2) is 9.18 Å². The Hall–Kier alpha value is -1.91. The SMILES string of the molecule is O=Cc1cc(Cl)cc(Cl)c1-c1c(F)cccc1C(=O)O. The van der Waals surface area contributed by atoms with Crippen LogP contribution in [0.25, 0.3) is 11.1 Å². The third-order valence-corrected chi connectivity index (χ3v) is 3.22. The molecule has 20 heavy (non-hydrogen) atoms. The normalized spacial score (nSPS) is 10.3. The molecule has 3 nitrogen and oxygen atoms in total. The topological polar surface area (TPSA) is 54.4 Å². The molecule has 0 bridgehead atoms. The first-order valence-electron chi connectivity index (χ1n) is 5.42. The minimum atomic E-state index is -1.32. The van der Waals surface area contributed by atoms with Crippen LogP contribution in [0.1, 0.15) is 20.7 Å². The van der Waals surface area contributed by atoms with Crippen molar-refractivity contribution in [3.8, 4) is 11.1 Å². The lowest BCUT2D eigenvalue weighted by Gasteiger charge is -2.12. The fraction of sp³-hybridized carbons (Fsp3) is 0. The van der Waals surface area contributed by atoms with E-state index >= 15 is 0 Å². The van der Waals surface area contributed by atoms with Crippen LogP contribution in [0.3, 0.4) is 0 Å². The zero-order chi connectivity index (χ0) is 14.9. The van der Waals surface area contributed by atoms with Crippen molar-refractivity contribution in [3.05, 3.63) is 57.3 Å². The number of benzene rings is 2. The fourth-order valence-corrected chi connectivity index (χ4v) is 2.51. The van der Waals surface area contributed by atoms with Crippen molar-refractivity contribution in [2.75, 3.05) is 0 Å². The van der Waals surface area contributed by atoms with Crippen molar-refractivity contribution in [2.45, 2.75) is 0 Å². The molecule has 2 rings (SSSR count). The van der Waals surface area contributed by atoms with Gasteiger partial charge in [-0.05, 0) is 24.3 Å². The Morgan fingerprint density at radius 2 is 1.90 bits per heavy atom. The van der Waals surface area contributed by atoms with Crippen molar-refractivity contribution < 1.29 is 19.1 Å². The number of aldehydes is 1. The molecule has 0 atom stereocenters. The lowest BCUT2D eigenvalue weighted by atomic mass is 9.95. The maximum absolute atomic E-state index is 14.0. The summed E-state index contributed by atoms with van der Waals surface area (Å²) >= 11 is 11.8. The first-order chi connectivity index (χ1) is 9.45. The molecule has 2 aromatic rings. The maximum Gasteiger partial charge on any atom is 0.336 e. The average Bonchev–Trinajstić information content (AvgIpc) is 2.38. The van der Waals surface area contributed by atoms with Crippen LogP contribution in [-0.4, -0.2) is 17.4 Å². The van der Waals surface area contributed by atoms with E-state index in [9.17, 15) is 14.0 Å². The summed E-state index contributed by atoms with van der Waals surface area (Å²) in [7, 11) is 0. The number of carbonyl (C=O) groups is 2. The predicted octanol–water partition coefficient (Wildman–Crippen LogP) is 4.31. The second-order valence-electron chi connectivity index (χ2n) is 3.94. The average molecular weight is 313 g/mol. The molecule has 0 saturated carbocycles. The summed E-state index contributed by atoms with van der Waals surface area (Å²) in [6, 6.07) is 6.23. The zero-order valence-corrected chi connectivity index (χ0v) is 11.4. The fourth-order valence-electron chi connectivity index (χ4n) is 1.91. The van der Waals surface area contributed by atoms with Crippen LogP contribution in [0.5, 0.6) is 0 Å². The Bertz CT molecular complexity index is 714. The van der Waals surface area contributed by atoms with E-state index in [0.717, 1.165) is 6.07 Å². The molecule has 6 heteroatoms. The quantitative estimate of drug-likeness (QED) is 0.859. The van der Waals surface area contributed by atoms with E-state index in [2.05, 4.69) is 0 Å². The lowest BCUT2D eigenvalue weighted by molar-refractivity contribution is 0.0697. The smallest absolute Gasteiger partial charge is 0.336 e. The van der Waals surface area contributed by atoms with Gasteiger partial charge in [0, 0.05) is 21.7 Å². The number of carboxylic acids is 1. The number of carboxylic acid groups (broad SMARTS) is 1. The van der Waals surface area contributed by atoms with Gasteiger partial charge in [0.25, 0.3) is 0 Å². The molecule has 0 heterocycles. The van der Waals surface area contributed by atoms with Crippen LogP contribution in [0, 0.1) is 5.82 Å². The second-order valence-corrected chi connectivity index (χ2v) is 4.78. The third-order valence-electron chi connectivity index (χ3n) is 2.71. The number of halogens is 3. The van der Waals surface area contributed by atoms with Gasteiger partial charge in [-0.3, -0.25) is 4.79 Å². The highest BCUT2D eigenvalue weighted by Gasteiger charge is 2.21. The molecule has 0 aromatic heterocycles. The highest BCUT2D eigenvalue weighted by Crippen LogP contribution is 2.37. The van der Waals surface area contributed by atoms with Crippen LogP contribution in [0.2, 0.25) is 10.0 Å². The van der Waals surface area contributed by atoms with Crippen molar-refractivity contribution in [1.82, 2.24) is 0 Å². The largest absolute Gasteiger partial charge is 0.478 e. The van der Waals surface area contributed by atoms with Crippen LogP contribution < -0.4 is 0 Å². The van der Waals surface area contributed by atoms with Gasteiger partial charge < -0.3 is 5.11 Å². The summed E-state index contributed by atoms with van der Waals surface area (Å²) in [4.78, 5) is 22.3. The van der Waals surface area contributed by atoms with Gasteiger partial charge in [0.15, 0.2) is 6.29 Å². The van der Waals surface area contributed by atoms with Crippen molar-refractivity contribution in [2.24, 2.45) is 0 Å². The number of carbonyl (C=O) groups excluding carboxylic acids is 1. The van der Waals surface area contributed by atoms with E-state index in [1.165, 1.54) is 24.3 Å². The Morgan fingerprint density at radius 1 is 1.20 bits per heavy atom. The summed E-state index contributed by atoms with van der Waals surface area (Å²) in [6.45, 7) is 0. The molecule has 0 aliphatic rings. The van der Waals surface area contributed by atoms with E-state index in [1.807, 2.05) is 0 Å². The van der Waals surface area contributed by atoms with E-state index < -0.39 is 11.8 Å². The molecular weight excluding hydrogens is 306 g/mol. The van der Waals surface area contributed by atoms with Gasteiger partial charge in [-0.1, -0.05) is 29.3 Å². The Kier molecular flexibility index (Phi) is 4.06. The Morgan fingerprint density at radius 3 is 2.50 bits per heavy atom. The minimum absolute atomic E-state index is 0.00667. The number of aromatic carboxylic acids is 1. The molecule has 2 aromatic carbocycles.